The number of allylic oxidation sites excluding steroid dienone is 4. The highest BCUT2D eigenvalue weighted by Crippen LogP contribution is 2.36. The molecule has 0 aliphatic carbocycles. The van der Waals surface area contributed by atoms with E-state index in [4.69, 9.17) is 11.6 Å². The fourth-order valence-electron chi connectivity index (χ4n) is 7.26. The molecule has 0 fully saturated rings. The zero-order valence-corrected chi connectivity index (χ0v) is 27.0. The van der Waals surface area contributed by atoms with E-state index in [9.17, 15) is 0 Å². The quantitative estimate of drug-likeness (QED) is 0.211. The van der Waals surface area contributed by atoms with Gasteiger partial charge in [-0.05, 0) is 83.3 Å². The van der Waals surface area contributed by atoms with Crippen LogP contribution in [0.2, 0.25) is 0 Å². The van der Waals surface area contributed by atoms with Gasteiger partial charge >= 0.3 is 0 Å². The van der Waals surface area contributed by atoms with Crippen LogP contribution in [0.25, 0.3) is 38.9 Å². The Hall–Kier alpha value is -6.39. The molecule has 1 N–H and O–H groups in total. The van der Waals surface area contributed by atoms with Crippen molar-refractivity contribution in [3.8, 4) is 5.69 Å². The molecule has 4 heteroatoms. The number of hydrogen-bond acceptors (Lipinski definition) is 3. The first-order valence-corrected chi connectivity index (χ1v) is 16.8. The van der Waals surface area contributed by atoms with Crippen molar-refractivity contribution in [2.45, 2.75) is 12.6 Å². The second-order valence-electron chi connectivity index (χ2n) is 12.5. The Morgan fingerprint density at radius 3 is 2.27 bits per heavy atom. The number of aromatic nitrogens is 1. The molecule has 49 heavy (non-hydrogen) atoms. The molecule has 0 bridgehead atoms. The average molecular weight is 631 g/mol. The molecule has 9 rings (SSSR count). The van der Waals surface area contributed by atoms with Crippen molar-refractivity contribution < 1.29 is 0 Å². The minimum Gasteiger partial charge on any atom is -0.345 e. The number of nitrogens with one attached hydrogen (secondary N) is 1. The summed E-state index contributed by atoms with van der Waals surface area (Å²) in [5.74, 6) is 0.968. The fourth-order valence-corrected chi connectivity index (χ4v) is 7.26. The predicted molar refractivity (Wildman–Crippen MR) is 203 cm³/mol. The minimum atomic E-state index is -0.232. The monoisotopic (exact) mass is 630 g/mol. The zero-order chi connectivity index (χ0) is 32.7. The second kappa shape index (κ2) is 12.0. The van der Waals surface area contributed by atoms with Gasteiger partial charge < -0.3 is 9.88 Å². The third kappa shape index (κ3) is 5.06. The van der Waals surface area contributed by atoms with Gasteiger partial charge in [0.1, 0.15) is 12.0 Å². The number of anilines is 1. The van der Waals surface area contributed by atoms with Gasteiger partial charge in [0.25, 0.3) is 0 Å². The minimum absolute atomic E-state index is 0.232. The summed E-state index contributed by atoms with van der Waals surface area (Å²) < 4.78 is 2.36. The number of fused-ring (bicyclic) bond motifs is 5. The summed E-state index contributed by atoms with van der Waals surface area (Å²) in [6, 6.07) is 53.5. The van der Waals surface area contributed by atoms with E-state index < -0.39 is 0 Å². The Balaban J connectivity index is 1.21. The van der Waals surface area contributed by atoms with Crippen LogP contribution in [-0.2, 0) is 6.42 Å². The van der Waals surface area contributed by atoms with Crippen molar-refractivity contribution >= 4 is 38.9 Å². The molecule has 2 aliphatic heterocycles. The van der Waals surface area contributed by atoms with Gasteiger partial charge in [0.2, 0.25) is 0 Å². The van der Waals surface area contributed by atoms with E-state index in [1.807, 2.05) is 6.07 Å². The van der Waals surface area contributed by atoms with Crippen molar-refractivity contribution in [1.29, 1.82) is 0 Å². The standard InChI is InChI=1S/C45H34N4/c1-31-29-34(35-27-28-43-39(30-35)37-22-10-13-26-42(37)49(43)36-20-6-3-7-21-36)19-14-18-32-15-8-12-25-41(32)48(31)45-38-23-9-11-24-40(38)46-44(47-45)33-16-4-2-5-17-33/h2-17,19-30,44,47H,1,18H2/b19-14-,34-29+/t44-/m0/s1. The molecular weight excluding hydrogens is 597 g/mol. The molecule has 6 aromatic carbocycles. The lowest BCUT2D eigenvalue weighted by Gasteiger charge is -2.34. The molecule has 0 spiro atoms. The average Bonchev–Trinajstić information content (AvgIpc) is 3.52. The van der Waals surface area contributed by atoms with E-state index >= 15 is 0 Å². The van der Waals surface area contributed by atoms with E-state index in [-0.39, 0.29) is 6.17 Å². The van der Waals surface area contributed by atoms with Crippen LogP contribution >= 0.6 is 0 Å². The van der Waals surface area contributed by atoms with Crippen LogP contribution in [0.3, 0.4) is 0 Å². The van der Waals surface area contributed by atoms with Gasteiger partial charge in [0.15, 0.2) is 0 Å². The van der Waals surface area contributed by atoms with Crippen LogP contribution in [0.1, 0.15) is 22.9 Å². The molecule has 1 atom stereocenters. The molecule has 0 unspecified atom stereocenters. The summed E-state index contributed by atoms with van der Waals surface area (Å²) >= 11 is 0. The third-order valence-electron chi connectivity index (χ3n) is 9.54. The summed E-state index contributed by atoms with van der Waals surface area (Å²) in [7, 11) is 0. The molecule has 1 aromatic heterocycles. The molecule has 0 amide bonds. The topological polar surface area (TPSA) is 32.6 Å². The lowest BCUT2D eigenvalue weighted by molar-refractivity contribution is 0.623. The first-order chi connectivity index (χ1) is 24.2. The van der Waals surface area contributed by atoms with Crippen molar-refractivity contribution in [1.82, 2.24) is 9.88 Å². The maximum Gasteiger partial charge on any atom is 0.146 e. The molecule has 0 saturated heterocycles. The van der Waals surface area contributed by atoms with Crippen LogP contribution in [0.4, 0.5) is 5.69 Å². The van der Waals surface area contributed by atoms with E-state index in [2.05, 4.69) is 179 Å². The van der Waals surface area contributed by atoms with E-state index in [1.165, 1.54) is 27.4 Å². The summed E-state index contributed by atoms with van der Waals surface area (Å²) in [6.45, 7) is 4.74. The van der Waals surface area contributed by atoms with E-state index in [0.717, 1.165) is 56.6 Å². The van der Waals surface area contributed by atoms with Crippen LogP contribution in [0.5, 0.6) is 0 Å². The van der Waals surface area contributed by atoms with Gasteiger partial charge in [0.05, 0.1) is 22.1 Å². The SMILES string of the molecule is C=C1/C=C(c2ccc3c(c2)c2ccccc2n3-c2ccccc2)\C=C/Cc2ccccc2N1C1=c2ccccc2=N[C@H](c2ccccc2)N1. The van der Waals surface area contributed by atoms with Crippen molar-refractivity contribution in [2.75, 3.05) is 4.90 Å². The molecule has 0 saturated carbocycles. The number of nitrogens with zero attached hydrogens (tertiary/aromatic N) is 3. The third-order valence-corrected chi connectivity index (χ3v) is 9.54. The van der Waals surface area contributed by atoms with Crippen LogP contribution in [0, 0.1) is 0 Å². The first kappa shape index (κ1) is 28.8. The predicted octanol–water partition coefficient (Wildman–Crippen LogP) is 8.99. The van der Waals surface area contributed by atoms with Crippen LogP contribution in [-0.4, -0.2) is 4.57 Å². The van der Waals surface area contributed by atoms with Crippen LogP contribution < -0.4 is 20.8 Å². The van der Waals surface area contributed by atoms with E-state index in [0.29, 0.717) is 0 Å². The normalized spacial score (nSPS) is 17.5. The van der Waals surface area contributed by atoms with Gasteiger partial charge in [-0.15, -0.1) is 0 Å². The number of hydrogen-bond donors (Lipinski definition) is 1. The highest BCUT2D eigenvalue weighted by atomic mass is 15.3. The molecule has 0 radical (unpaired) electrons. The Morgan fingerprint density at radius 1 is 0.673 bits per heavy atom. The Morgan fingerprint density at radius 2 is 1.39 bits per heavy atom. The molecule has 3 heterocycles. The lowest BCUT2D eigenvalue weighted by Crippen LogP contribution is -2.45. The summed E-state index contributed by atoms with van der Waals surface area (Å²) in [5, 5.41) is 8.27. The first-order valence-electron chi connectivity index (χ1n) is 16.8. The smallest absolute Gasteiger partial charge is 0.146 e. The second-order valence-corrected chi connectivity index (χ2v) is 12.5. The van der Waals surface area contributed by atoms with Gasteiger partial charge in [-0.2, -0.15) is 0 Å². The summed E-state index contributed by atoms with van der Waals surface area (Å²) in [4.78, 5) is 7.41. The molecule has 234 valence electrons. The molecule has 4 nitrogen and oxygen atoms in total. The molecule has 2 aliphatic rings. The number of para-hydroxylation sites is 4. The lowest BCUT2D eigenvalue weighted by atomic mass is 10.0. The van der Waals surface area contributed by atoms with Crippen molar-refractivity contribution in [3.05, 3.63) is 209 Å². The summed E-state index contributed by atoms with van der Waals surface area (Å²) in [5.41, 5.74) is 10.1. The molecular formula is C45H34N4. The highest BCUT2D eigenvalue weighted by Gasteiger charge is 2.25. The fraction of sp³-hybridized carbons (Fsp3) is 0.0444. The van der Waals surface area contributed by atoms with E-state index in [1.54, 1.807) is 0 Å². The largest absolute Gasteiger partial charge is 0.345 e. The van der Waals surface area contributed by atoms with Gasteiger partial charge in [-0.25, -0.2) is 0 Å². The summed E-state index contributed by atoms with van der Waals surface area (Å²) in [6.07, 6.45) is 7.29. The number of rotatable bonds is 4. The zero-order valence-electron chi connectivity index (χ0n) is 27.0. The Kier molecular flexibility index (Phi) is 7.06. The Bertz CT molecular complexity index is 2570. The van der Waals surface area contributed by atoms with Crippen molar-refractivity contribution in [2.24, 2.45) is 4.99 Å². The molecule has 7 aromatic rings. The highest BCUT2D eigenvalue weighted by molar-refractivity contribution is 6.10. The number of benzene rings is 6. The maximum atomic E-state index is 5.12. The van der Waals surface area contributed by atoms with Crippen molar-refractivity contribution in [3.63, 3.8) is 0 Å². The van der Waals surface area contributed by atoms with Gasteiger partial charge in [-0.1, -0.05) is 122 Å². The maximum absolute atomic E-state index is 5.12. The van der Waals surface area contributed by atoms with Crippen LogP contribution in [0.15, 0.2) is 187 Å². The van der Waals surface area contributed by atoms with Gasteiger partial charge in [-0.3, -0.25) is 9.89 Å². The van der Waals surface area contributed by atoms with Gasteiger partial charge in [0, 0.05) is 27.4 Å². The Labute approximate surface area is 285 Å².